The van der Waals surface area contributed by atoms with Gasteiger partial charge in [0.25, 0.3) is 15.1 Å². The fourth-order valence-electron chi connectivity index (χ4n) is 5.06. The van der Waals surface area contributed by atoms with E-state index in [1.54, 1.807) is 23.1 Å². The van der Waals surface area contributed by atoms with E-state index in [0.717, 1.165) is 58.3 Å². The molecule has 0 amide bonds. The molecule has 1 aliphatic heterocycles. The molecule has 12 heteroatoms. The average molecular weight is 645 g/mol. The Morgan fingerprint density at radius 1 is 1.05 bits per heavy atom. The van der Waals surface area contributed by atoms with E-state index in [1.807, 2.05) is 62.1 Å². The van der Waals surface area contributed by atoms with Gasteiger partial charge in [0.05, 0.1) is 32.0 Å². The van der Waals surface area contributed by atoms with E-state index in [-0.39, 0.29) is 13.0 Å². The minimum Gasteiger partial charge on any atom is -0.748 e. The lowest BCUT2D eigenvalue weighted by Crippen LogP contribution is -2.36. The van der Waals surface area contributed by atoms with Gasteiger partial charge in [-0.15, -0.1) is 0 Å². The predicted molar refractivity (Wildman–Crippen MR) is 171 cm³/mol. The van der Waals surface area contributed by atoms with E-state index in [9.17, 15) is 25.9 Å². The van der Waals surface area contributed by atoms with Crippen LogP contribution < -0.4 is 9.47 Å². The number of anilines is 1. The quantitative estimate of drug-likeness (QED) is 0.164. The van der Waals surface area contributed by atoms with Crippen molar-refractivity contribution < 1.29 is 30.5 Å². The van der Waals surface area contributed by atoms with Crippen LogP contribution in [0.2, 0.25) is 0 Å². The maximum Gasteiger partial charge on any atom is 0.266 e. The summed E-state index contributed by atoms with van der Waals surface area (Å²) in [4.78, 5) is 2.97. The maximum atomic E-state index is 11.6. The first-order chi connectivity index (χ1) is 19.8. The van der Waals surface area contributed by atoms with Crippen LogP contribution in [0.4, 0.5) is 5.69 Å². The summed E-state index contributed by atoms with van der Waals surface area (Å²) in [6, 6.07) is 16.3. The van der Waals surface area contributed by atoms with Gasteiger partial charge in [-0.05, 0) is 72.7 Å². The van der Waals surface area contributed by atoms with Gasteiger partial charge < -0.3 is 9.45 Å². The molecule has 222 valence electrons. The number of thioether (sulfide) groups is 1. The fraction of sp³-hybridized carbons (Fsp3) is 0.300. The zero-order valence-electron chi connectivity index (χ0n) is 23.5. The molecule has 0 saturated carbocycles. The second-order valence-corrected chi connectivity index (χ2v) is 15.6. The predicted octanol–water partition coefficient (Wildman–Crippen LogP) is 6.03. The first kappa shape index (κ1) is 30.7. The SMILES string of the molecule is CCC(=Cc1sc2ccc3ccccc3c2[n+]1CCCS(=O)(=O)[O-])/C=C1\Sc2cc(C)c(C)cc2N1CCS(=O)(=O)O. The number of fused-ring (bicyclic) bond motifs is 4. The average Bonchev–Trinajstić information content (AvgIpc) is 3.43. The number of aromatic nitrogens is 1. The Balaban J connectivity index is 1.60. The first-order valence-electron chi connectivity index (χ1n) is 13.5. The number of benzene rings is 3. The first-order valence-corrected chi connectivity index (χ1v) is 18.4. The molecule has 0 spiro atoms. The minimum absolute atomic E-state index is 0.114. The Labute approximate surface area is 254 Å². The summed E-state index contributed by atoms with van der Waals surface area (Å²) in [7, 11) is -8.49. The highest BCUT2D eigenvalue weighted by Gasteiger charge is 2.28. The third-order valence-corrected chi connectivity index (χ3v) is 11.0. The molecule has 1 aliphatic rings. The molecule has 0 saturated heterocycles. The number of hydrogen-bond acceptors (Lipinski definition) is 8. The van der Waals surface area contributed by atoms with E-state index in [1.165, 1.54) is 0 Å². The van der Waals surface area contributed by atoms with Crippen molar-refractivity contribution in [3.05, 3.63) is 81.3 Å². The van der Waals surface area contributed by atoms with Gasteiger partial charge >= 0.3 is 0 Å². The Hall–Kier alpha value is -2.74. The van der Waals surface area contributed by atoms with Gasteiger partial charge in [-0.2, -0.15) is 13.0 Å². The summed E-state index contributed by atoms with van der Waals surface area (Å²) < 4.78 is 70.1. The van der Waals surface area contributed by atoms with Crippen LogP contribution in [-0.4, -0.2) is 44.0 Å². The lowest BCUT2D eigenvalue weighted by molar-refractivity contribution is -0.667. The Bertz CT molecular complexity index is 1960. The molecule has 8 nitrogen and oxygen atoms in total. The normalized spacial score (nSPS) is 15.3. The Morgan fingerprint density at radius 2 is 1.79 bits per heavy atom. The van der Waals surface area contributed by atoms with Gasteiger partial charge in [-0.3, -0.25) is 4.55 Å². The van der Waals surface area contributed by atoms with Crippen LogP contribution in [0.1, 0.15) is 35.9 Å². The number of hydrogen-bond donors (Lipinski definition) is 1. The van der Waals surface area contributed by atoms with Crippen molar-refractivity contribution in [3.63, 3.8) is 0 Å². The highest BCUT2D eigenvalue weighted by molar-refractivity contribution is 8.03. The van der Waals surface area contributed by atoms with Crippen molar-refractivity contribution in [1.82, 2.24) is 0 Å². The lowest BCUT2D eigenvalue weighted by Gasteiger charge is -2.20. The van der Waals surface area contributed by atoms with Crippen molar-refractivity contribution >= 4 is 76.1 Å². The Morgan fingerprint density at radius 3 is 2.50 bits per heavy atom. The molecule has 0 aliphatic carbocycles. The van der Waals surface area contributed by atoms with Crippen LogP contribution >= 0.6 is 23.1 Å². The molecule has 0 radical (unpaired) electrons. The largest absolute Gasteiger partial charge is 0.748 e. The number of allylic oxidation sites excluding steroid dienone is 2. The van der Waals surface area contributed by atoms with Crippen LogP contribution in [0.3, 0.4) is 0 Å². The molecule has 3 aromatic carbocycles. The molecule has 0 bridgehead atoms. The molecule has 4 aromatic rings. The molecule has 1 aromatic heterocycles. The second kappa shape index (κ2) is 12.1. The van der Waals surface area contributed by atoms with Gasteiger partial charge in [-0.25, -0.2) is 8.42 Å². The minimum atomic E-state index is -4.34. The van der Waals surface area contributed by atoms with Gasteiger partial charge in [0, 0.05) is 29.7 Å². The molecule has 0 fully saturated rings. The highest BCUT2D eigenvalue weighted by Crippen LogP contribution is 2.47. The van der Waals surface area contributed by atoms with Crippen LogP contribution in [0, 0.1) is 13.8 Å². The zero-order chi connectivity index (χ0) is 30.2. The van der Waals surface area contributed by atoms with E-state index in [2.05, 4.69) is 28.8 Å². The van der Waals surface area contributed by atoms with E-state index < -0.39 is 31.7 Å². The second-order valence-electron chi connectivity index (χ2n) is 10.3. The summed E-state index contributed by atoms with van der Waals surface area (Å²) in [6.45, 7) is 6.59. The van der Waals surface area contributed by atoms with Crippen LogP contribution in [0.25, 0.3) is 27.1 Å². The van der Waals surface area contributed by atoms with Crippen molar-refractivity contribution in [2.45, 2.75) is 45.1 Å². The van der Waals surface area contributed by atoms with Crippen LogP contribution in [0.15, 0.2) is 70.1 Å². The van der Waals surface area contributed by atoms with E-state index in [0.29, 0.717) is 13.0 Å². The summed E-state index contributed by atoms with van der Waals surface area (Å²) in [6.07, 6.45) is 5.02. The summed E-state index contributed by atoms with van der Waals surface area (Å²) in [5.41, 5.74) is 5.14. The third kappa shape index (κ3) is 6.90. The maximum absolute atomic E-state index is 11.6. The molecular formula is C30H32N2O6S4. The molecule has 0 atom stereocenters. The highest BCUT2D eigenvalue weighted by atomic mass is 32.2. The standard InChI is InChI=1S/C30H32N2O6S4/c1-4-22(18-28-31(13-15-42(36,37)38)25-16-20(2)21(3)17-27(25)40-28)19-29-32(12-7-14-41(33,34)35)30-24-9-6-5-8-23(24)10-11-26(30)39-29/h5-6,8-11,16-19H,4,7,12-15H2,1-3H3,(H-,33,34,35,36,37,38). The van der Waals surface area contributed by atoms with Crippen molar-refractivity contribution in [3.8, 4) is 0 Å². The van der Waals surface area contributed by atoms with Gasteiger partial charge in [0.15, 0.2) is 6.54 Å². The number of thiazole rings is 1. The number of aryl methyl sites for hydroxylation is 3. The molecular weight excluding hydrogens is 613 g/mol. The molecule has 5 rings (SSSR count). The van der Waals surface area contributed by atoms with Gasteiger partial charge in [0.2, 0.25) is 5.52 Å². The van der Waals surface area contributed by atoms with Crippen molar-refractivity contribution in [2.24, 2.45) is 0 Å². The van der Waals surface area contributed by atoms with Gasteiger partial charge in [0.1, 0.15) is 4.70 Å². The number of rotatable bonds is 10. The lowest BCUT2D eigenvalue weighted by atomic mass is 10.1. The van der Waals surface area contributed by atoms with Crippen molar-refractivity contribution in [2.75, 3.05) is 23.0 Å². The zero-order valence-corrected chi connectivity index (χ0v) is 26.8. The van der Waals surface area contributed by atoms with E-state index >= 15 is 0 Å². The number of nitrogens with zero attached hydrogens (tertiary/aromatic N) is 2. The Kier molecular flexibility index (Phi) is 8.85. The van der Waals surface area contributed by atoms with Crippen molar-refractivity contribution in [1.29, 1.82) is 0 Å². The summed E-state index contributed by atoms with van der Waals surface area (Å²) >= 11 is 3.17. The topological polar surface area (TPSA) is 119 Å². The molecule has 1 N–H and O–H groups in total. The fourth-order valence-corrected chi connectivity index (χ4v) is 8.39. The monoisotopic (exact) mass is 644 g/mol. The third-order valence-electron chi connectivity index (χ3n) is 7.34. The summed E-state index contributed by atoms with van der Waals surface area (Å²) in [5.74, 6) is -0.832. The van der Waals surface area contributed by atoms with Crippen LogP contribution in [0.5, 0.6) is 0 Å². The molecule has 0 unspecified atom stereocenters. The van der Waals surface area contributed by atoms with E-state index in [4.69, 9.17) is 0 Å². The smallest absolute Gasteiger partial charge is 0.266 e. The molecule has 2 heterocycles. The summed E-state index contributed by atoms with van der Waals surface area (Å²) in [5, 5.41) is 3.91. The van der Waals surface area contributed by atoms with Crippen LogP contribution in [-0.2, 0) is 26.8 Å². The molecule has 42 heavy (non-hydrogen) atoms. The van der Waals surface area contributed by atoms with Gasteiger partial charge in [-0.1, -0.05) is 54.3 Å².